The standard InChI is InChI=1S/C19H21F3N2OS/c1-12-16(11-13-6-5-9-15(10-13)19(20,21)22)26-18(23-12)24-17(25)14-7-3-2-4-8-14/h5-6,9-10,14H,2-4,7-8,11H2,1H3,(H,23,24,25). The summed E-state index contributed by atoms with van der Waals surface area (Å²) >= 11 is 1.34. The van der Waals surface area contributed by atoms with E-state index < -0.39 is 11.7 Å². The van der Waals surface area contributed by atoms with Gasteiger partial charge in [-0.05, 0) is 31.4 Å². The quantitative estimate of drug-likeness (QED) is 0.750. The van der Waals surface area contributed by atoms with Crippen LogP contribution in [-0.2, 0) is 17.4 Å². The van der Waals surface area contributed by atoms with E-state index in [-0.39, 0.29) is 11.8 Å². The van der Waals surface area contributed by atoms with Crippen LogP contribution in [0.15, 0.2) is 24.3 Å². The molecule has 0 aliphatic heterocycles. The molecule has 0 atom stereocenters. The fraction of sp³-hybridized carbons (Fsp3) is 0.474. The molecule has 0 unspecified atom stereocenters. The maximum absolute atomic E-state index is 12.9. The van der Waals surface area contributed by atoms with E-state index in [0.717, 1.165) is 42.3 Å². The molecule has 1 aromatic heterocycles. The van der Waals surface area contributed by atoms with Crippen LogP contribution in [0, 0.1) is 12.8 Å². The molecule has 1 fully saturated rings. The second kappa shape index (κ2) is 7.78. The second-order valence-electron chi connectivity index (χ2n) is 6.73. The van der Waals surface area contributed by atoms with E-state index in [9.17, 15) is 18.0 Å². The zero-order valence-electron chi connectivity index (χ0n) is 14.5. The molecule has 0 saturated heterocycles. The minimum absolute atomic E-state index is 0.00377. The van der Waals surface area contributed by atoms with E-state index in [1.165, 1.54) is 29.9 Å². The Morgan fingerprint density at radius 1 is 1.27 bits per heavy atom. The van der Waals surface area contributed by atoms with Crippen molar-refractivity contribution < 1.29 is 18.0 Å². The number of anilines is 1. The average Bonchev–Trinajstić information content (AvgIpc) is 2.94. The van der Waals surface area contributed by atoms with Crippen molar-refractivity contribution in [2.75, 3.05) is 5.32 Å². The summed E-state index contributed by atoms with van der Waals surface area (Å²) in [6.07, 6.45) is 1.18. The summed E-state index contributed by atoms with van der Waals surface area (Å²) in [6, 6.07) is 5.33. The van der Waals surface area contributed by atoms with Crippen LogP contribution in [0.3, 0.4) is 0 Å². The highest BCUT2D eigenvalue weighted by atomic mass is 32.1. The highest BCUT2D eigenvalue weighted by Crippen LogP contribution is 2.32. The number of halogens is 3. The summed E-state index contributed by atoms with van der Waals surface area (Å²) in [5.74, 6) is 0.0453. The smallest absolute Gasteiger partial charge is 0.302 e. The number of aromatic nitrogens is 1. The van der Waals surface area contributed by atoms with Crippen LogP contribution in [0.2, 0.25) is 0 Å². The number of thiazole rings is 1. The first-order valence-corrected chi connectivity index (χ1v) is 9.58. The molecule has 1 amide bonds. The normalized spacial score (nSPS) is 15.8. The molecular weight excluding hydrogens is 361 g/mol. The molecule has 0 radical (unpaired) electrons. The van der Waals surface area contributed by atoms with Crippen LogP contribution in [0.25, 0.3) is 0 Å². The molecule has 7 heteroatoms. The third-order valence-electron chi connectivity index (χ3n) is 4.72. The molecule has 1 N–H and O–H groups in total. The first kappa shape index (κ1) is 18.9. The van der Waals surface area contributed by atoms with Gasteiger partial charge in [-0.2, -0.15) is 13.2 Å². The van der Waals surface area contributed by atoms with Gasteiger partial charge in [-0.15, -0.1) is 11.3 Å². The van der Waals surface area contributed by atoms with Gasteiger partial charge in [0, 0.05) is 17.2 Å². The van der Waals surface area contributed by atoms with Gasteiger partial charge in [-0.1, -0.05) is 37.5 Å². The maximum atomic E-state index is 12.9. The minimum Gasteiger partial charge on any atom is -0.302 e. The Kier molecular flexibility index (Phi) is 5.65. The highest BCUT2D eigenvalue weighted by molar-refractivity contribution is 7.15. The highest BCUT2D eigenvalue weighted by Gasteiger charge is 2.30. The summed E-state index contributed by atoms with van der Waals surface area (Å²) in [5.41, 5.74) is 0.672. The van der Waals surface area contributed by atoms with Crippen LogP contribution in [-0.4, -0.2) is 10.9 Å². The molecule has 1 aromatic carbocycles. The Morgan fingerprint density at radius 3 is 2.69 bits per heavy atom. The number of alkyl halides is 3. The van der Waals surface area contributed by atoms with Gasteiger partial charge in [0.15, 0.2) is 5.13 Å². The number of benzene rings is 1. The molecule has 0 spiro atoms. The maximum Gasteiger partial charge on any atom is 0.416 e. The van der Waals surface area contributed by atoms with Crippen molar-refractivity contribution in [1.29, 1.82) is 0 Å². The van der Waals surface area contributed by atoms with Crippen LogP contribution < -0.4 is 5.32 Å². The Morgan fingerprint density at radius 2 is 2.00 bits per heavy atom. The lowest BCUT2D eigenvalue weighted by atomic mass is 9.89. The zero-order valence-corrected chi connectivity index (χ0v) is 15.3. The van der Waals surface area contributed by atoms with Crippen molar-refractivity contribution in [3.8, 4) is 0 Å². The first-order chi connectivity index (χ1) is 12.3. The van der Waals surface area contributed by atoms with Gasteiger partial charge in [0.2, 0.25) is 5.91 Å². The van der Waals surface area contributed by atoms with Gasteiger partial charge in [0.25, 0.3) is 0 Å². The number of nitrogens with zero attached hydrogens (tertiary/aromatic N) is 1. The summed E-state index contributed by atoms with van der Waals surface area (Å²) in [6.45, 7) is 1.82. The van der Waals surface area contributed by atoms with Gasteiger partial charge >= 0.3 is 6.18 Å². The predicted molar refractivity (Wildman–Crippen MR) is 96.3 cm³/mol. The topological polar surface area (TPSA) is 42.0 Å². The van der Waals surface area contributed by atoms with Crippen LogP contribution in [0.1, 0.15) is 53.8 Å². The van der Waals surface area contributed by atoms with Crippen LogP contribution in [0.4, 0.5) is 18.3 Å². The van der Waals surface area contributed by atoms with E-state index in [4.69, 9.17) is 0 Å². The molecule has 1 aliphatic rings. The van der Waals surface area contributed by atoms with E-state index in [0.29, 0.717) is 17.1 Å². The lowest BCUT2D eigenvalue weighted by Gasteiger charge is -2.19. The van der Waals surface area contributed by atoms with Gasteiger partial charge in [-0.3, -0.25) is 4.79 Å². The first-order valence-electron chi connectivity index (χ1n) is 8.76. The Hall–Kier alpha value is -1.89. The zero-order chi connectivity index (χ0) is 18.7. The largest absolute Gasteiger partial charge is 0.416 e. The number of aryl methyl sites for hydroxylation is 1. The lowest BCUT2D eigenvalue weighted by Crippen LogP contribution is -2.24. The minimum atomic E-state index is -4.35. The second-order valence-corrected chi connectivity index (χ2v) is 7.81. The monoisotopic (exact) mass is 382 g/mol. The van der Waals surface area contributed by atoms with Crippen molar-refractivity contribution in [1.82, 2.24) is 4.98 Å². The summed E-state index contributed by atoms with van der Waals surface area (Å²) in [7, 11) is 0. The summed E-state index contributed by atoms with van der Waals surface area (Å²) in [4.78, 5) is 17.6. The molecular formula is C19H21F3N2OS. The van der Waals surface area contributed by atoms with Crippen LogP contribution >= 0.6 is 11.3 Å². The third-order valence-corrected chi connectivity index (χ3v) is 5.79. The van der Waals surface area contributed by atoms with E-state index in [1.807, 2.05) is 6.92 Å². The fourth-order valence-electron chi connectivity index (χ4n) is 3.26. The van der Waals surface area contributed by atoms with Crippen LogP contribution in [0.5, 0.6) is 0 Å². The van der Waals surface area contributed by atoms with Crippen molar-refractivity contribution in [3.05, 3.63) is 46.0 Å². The number of rotatable bonds is 4. The van der Waals surface area contributed by atoms with Crippen molar-refractivity contribution in [3.63, 3.8) is 0 Å². The third kappa shape index (κ3) is 4.63. The number of carbonyl (C=O) groups excluding carboxylic acids is 1. The Bertz CT molecular complexity index is 779. The van der Waals surface area contributed by atoms with E-state index >= 15 is 0 Å². The Balaban J connectivity index is 1.69. The molecule has 1 saturated carbocycles. The molecule has 3 rings (SSSR count). The molecule has 1 aliphatic carbocycles. The van der Waals surface area contributed by atoms with Gasteiger partial charge < -0.3 is 5.32 Å². The van der Waals surface area contributed by atoms with E-state index in [1.54, 1.807) is 6.07 Å². The van der Waals surface area contributed by atoms with Crippen molar-refractivity contribution in [2.45, 2.75) is 51.6 Å². The molecule has 1 heterocycles. The summed E-state index contributed by atoms with van der Waals surface area (Å²) in [5, 5.41) is 3.41. The van der Waals surface area contributed by atoms with Gasteiger partial charge in [0.05, 0.1) is 11.3 Å². The Labute approximate surface area is 154 Å². The average molecular weight is 382 g/mol. The molecule has 3 nitrogen and oxygen atoms in total. The SMILES string of the molecule is Cc1nc(NC(=O)C2CCCCC2)sc1Cc1cccc(C(F)(F)F)c1. The number of nitrogens with one attached hydrogen (secondary N) is 1. The molecule has 140 valence electrons. The van der Waals surface area contributed by atoms with Crippen molar-refractivity contribution in [2.24, 2.45) is 5.92 Å². The number of hydrogen-bond acceptors (Lipinski definition) is 3. The molecule has 2 aromatic rings. The number of carbonyl (C=O) groups is 1. The van der Waals surface area contributed by atoms with E-state index in [2.05, 4.69) is 10.3 Å². The number of amides is 1. The lowest BCUT2D eigenvalue weighted by molar-refractivity contribution is -0.137. The summed E-state index contributed by atoms with van der Waals surface area (Å²) < 4.78 is 38.6. The molecule has 0 bridgehead atoms. The van der Waals surface area contributed by atoms with Gasteiger partial charge in [-0.25, -0.2) is 4.98 Å². The fourth-order valence-corrected chi connectivity index (χ4v) is 4.26. The predicted octanol–water partition coefficient (Wildman–Crippen LogP) is 5.58. The van der Waals surface area contributed by atoms with Crippen molar-refractivity contribution >= 4 is 22.4 Å². The molecule has 26 heavy (non-hydrogen) atoms. The number of hydrogen-bond donors (Lipinski definition) is 1. The van der Waals surface area contributed by atoms with Gasteiger partial charge in [0.1, 0.15) is 0 Å².